The van der Waals surface area contributed by atoms with Crippen LogP contribution in [0.1, 0.15) is 34.6 Å². The van der Waals surface area contributed by atoms with Gasteiger partial charge in [-0.1, -0.05) is 15.9 Å². The first-order valence-corrected chi connectivity index (χ1v) is 8.59. The van der Waals surface area contributed by atoms with Crippen LogP contribution in [-0.4, -0.2) is 41.8 Å². The summed E-state index contributed by atoms with van der Waals surface area (Å²) in [5.74, 6) is -0.260. The lowest BCUT2D eigenvalue weighted by atomic mass is 10.1. The maximum atomic E-state index is 14.2. The maximum Gasteiger partial charge on any atom is 0.410 e. The highest BCUT2D eigenvalue weighted by molar-refractivity contribution is 9.10. The van der Waals surface area contributed by atoms with Gasteiger partial charge in [0.05, 0.1) is 17.8 Å². The molecule has 6 heteroatoms. The van der Waals surface area contributed by atoms with E-state index in [4.69, 9.17) is 4.74 Å². The highest BCUT2D eigenvalue weighted by Crippen LogP contribution is 2.28. The molecule has 0 saturated carbocycles. The molecule has 0 radical (unpaired) electrons. The Kier molecular flexibility index (Phi) is 5.23. The minimum Gasteiger partial charge on any atom is -0.444 e. The first kappa shape index (κ1) is 18.0. The molecule has 1 heterocycles. The predicted octanol–water partition coefficient (Wildman–Crippen LogP) is 4.42. The molecule has 2 rings (SSSR count). The van der Waals surface area contributed by atoms with Gasteiger partial charge in [-0.05, 0) is 52.8 Å². The second-order valence-electron chi connectivity index (χ2n) is 7.09. The monoisotopic (exact) mass is 386 g/mol. The van der Waals surface area contributed by atoms with Crippen LogP contribution < -0.4 is 4.90 Å². The summed E-state index contributed by atoms with van der Waals surface area (Å²) in [6.45, 7) is 10.6. The number of halogens is 2. The molecule has 0 unspecified atom stereocenters. The number of piperazine rings is 1. The van der Waals surface area contributed by atoms with Crippen LogP contribution in [0.25, 0.3) is 0 Å². The molecular weight excluding hydrogens is 363 g/mol. The second-order valence-corrected chi connectivity index (χ2v) is 8.00. The van der Waals surface area contributed by atoms with Crippen molar-refractivity contribution in [2.45, 2.75) is 52.3 Å². The summed E-state index contributed by atoms with van der Waals surface area (Å²) in [5.41, 5.74) is 0.0432. The molecule has 4 nitrogen and oxygen atoms in total. The lowest BCUT2D eigenvalue weighted by Gasteiger charge is -2.45. The van der Waals surface area contributed by atoms with Crippen molar-refractivity contribution in [2.24, 2.45) is 0 Å². The zero-order chi connectivity index (χ0) is 17.4. The highest BCUT2D eigenvalue weighted by atomic mass is 79.9. The van der Waals surface area contributed by atoms with Gasteiger partial charge in [0, 0.05) is 17.6 Å². The van der Waals surface area contributed by atoms with Gasteiger partial charge in [0.1, 0.15) is 11.4 Å². The van der Waals surface area contributed by atoms with Gasteiger partial charge in [0.25, 0.3) is 0 Å². The number of benzene rings is 1. The van der Waals surface area contributed by atoms with Gasteiger partial charge >= 0.3 is 6.09 Å². The molecule has 23 heavy (non-hydrogen) atoms. The van der Waals surface area contributed by atoms with Crippen LogP contribution in [0, 0.1) is 5.82 Å². The maximum absolute atomic E-state index is 14.2. The lowest BCUT2D eigenvalue weighted by molar-refractivity contribution is 0.00563. The topological polar surface area (TPSA) is 32.8 Å². The number of anilines is 1. The van der Waals surface area contributed by atoms with Crippen molar-refractivity contribution in [1.29, 1.82) is 0 Å². The predicted molar refractivity (Wildman–Crippen MR) is 93.3 cm³/mol. The van der Waals surface area contributed by atoms with Crippen molar-refractivity contribution in [2.75, 3.05) is 18.0 Å². The Morgan fingerprint density at radius 1 is 1.26 bits per heavy atom. The van der Waals surface area contributed by atoms with Crippen LogP contribution >= 0.6 is 15.9 Å². The summed E-state index contributed by atoms with van der Waals surface area (Å²) in [4.78, 5) is 16.1. The molecular formula is C17H24BrFN2O2. The summed E-state index contributed by atoms with van der Waals surface area (Å²) in [6.07, 6.45) is -0.312. The Bertz CT molecular complexity index is 576. The minimum atomic E-state index is -0.522. The van der Waals surface area contributed by atoms with Crippen molar-refractivity contribution in [1.82, 2.24) is 4.90 Å². The Morgan fingerprint density at radius 3 is 2.30 bits per heavy atom. The normalized spacial score (nSPS) is 22.2. The zero-order valence-electron chi connectivity index (χ0n) is 14.3. The molecule has 2 atom stereocenters. The minimum absolute atomic E-state index is 0.0587. The molecule has 1 amide bonds. The molecule has 1 aromatic rings. The van der Waals surface area contributed by atoms with E-state index in [0.717, 1.165) is 0 Å². The van der Waals surface area contributed by atoms with E-state index in [1.165, 1.54) is 6.07 Å². The quantitative estimate of drug-likeness (QED) is 0.715. The van der Waals surface area contributed by atoms with Crippen LogP contribution in [-0.2, 0) is 4.74 Å². The molecule has 1 aliphatic rings. The van der Waals surface area contributed by atoms with E-state index >= 15 is 0 Å². The van der Waals surface area contributed by atoms with E-state index in [9.17, 15) is 9.18 Å². The van der Waals surface area contributed by atoms with Crippen molar-refractivity contribution in [3.8, 4) is 0 Å². The van der Waals surface area contributed by atoms with Gasteiger partial charge in [-0.15, -0.1) is 0 Å². The standard InChI is InChI=1S/C17H24BrFN2O2/c1-11-9-20(15-7-6-13(18)8-14(15)19)10-12(2)21(11)16(22)23-17(3,4)5/h6-8,11-12H,9-10H2,1-5H3/t11-,12+. The lowest BCUT2D eigenvalue weighted by Crippen LogP contribution is -2.59. The third-order valence-corrected chi connectivity index (χ3v) is 4.27. The first-order valence-electron chi connectivity index (χ1n) is 7.80. The Labute approximate surface area is 145 Å². The largest absolute Gasteiger partial charge is 0.444 e. The van der Waals surface area contributed by atoms with Crippen LogP contribution in [0.5, 0.6) is 0 Å². The Hall–Kier alpha value is -1.30. The van der Waals surface area contributed by atoms with Gasteiger partial charge in [0.15, 0.2) is 0 Å². The highest BCUT2D eigenvalue weighted by Gasteiger charge is 2.36. The van der Waals surface area contributed by atoms with Gasteiger partial charge in [-0.25, -0.2) is 9.18 Å². The van der Waals surface area contributed by atoms with Crippen LogP contribution in [0.4, 0.5) is 14.9 Å². The van der Waals surface area contributed by atoms with Gasteiger partial charge in [0.2, 0.25) is 0 Å². The van der Waals surface area contributed by atoms with Gasteiger partial charge in [-0.3, -0.25) is 4.90 Å². The van der Waals surface area contributed by atoms with Gasteiger partial charge < -0.3 is 9.64 Å². The van der Waals surface area contributed by atoms with E-state index in [2.05, 4.69) is 15.9 Å². The number of hydrogen-bond donors (Lipinski definition) is 0. The molecule has 0 N–H and O–H groups in total. The number of rotatable bonds is 1. The fourth-order valence-corrected chi connectivity index (χ4v) is 3.26. The Morgan fingerprint density at radius 2 is 1.83 bits per heavy atom. The smallest absolute Gasteiger partial charge is 0.410 e. The van der Waals surface area contributed by atoms with Crippen LogP contribution in [0.2, 0.25) is 0 Å². The van der Waals surface area contributed by atoms with E-state index in [1.807, 2.05) is 45.6 Å². The van der Waals surface area contributed by atoms with E-state index in [0.29, 0.717) is 23.2 Å². The average Bonchev–Trinajstić information content (AvgIpc) is 2.35. The summed E-state index contributed by atoms with van der Waals surface area (Å²) >= 11 is 3.27. The Balaban J connectivity index is 2.14. The molecule has 0 aromatic heterocycles. The summed E-state index contributed by atoms with van der Waals surface area (Å²) < 4.78 is 20.4. The van der Waals surface area contributed by atoms with E-state index in [1.54, 1.807) is 11.0 Å². The molecule has 0 bridgehead atoms. The molecule has 1 aliphatic heterocycles. The number of ether oxygens (including phenoxy) is 1. The fourth-order valence-electron chi connectivity index (χ4n) is 2.93. The summed E-state index contributed by atoms with van der Waals surface area (Å²) in [7, 11) is 0. The second kappa shape index (κ2) is 6.67. The molecule has 128 valence electrons. The number of hydrogen-bond acceptors (Lipinski definition) is 3. The SMILES string of the molecule is C[C@@H]1CN(c2ccc(Br)cc2F)C[C@H](C)N1C(=O)OC(C)(C)C. The number of carbonyl (C=O) groups is 1. The number of amides is 1. The van der Waals surface area contributed by atoms with Gasteiger partial charge in [-0.2, -0.15) is 0 Å². The molecule has 1 fully saturated rings. The average molecular weight is 387 g/mol. The van der Waals surface area contributed by atoms with Crippen molar-refractivity contribution >= 4 is 27.7 Å². The molecule has 1 saturated heterocycles. The van der Waals surface area contributed by atoms with E-state index in [-0.39, 0.29) is 24.0 Å². The third-order valence-electron chi connectivity index (χ3n) is 3.77. The van der Waals surface area contributed by atoms with E-state index < -0.39 is 5.60 Å². The van der Waals surface area contributed by atoms with Crippen molar-refractivity contribution < 1.29 is 13.9 Å². The molecule has 1 aromatic carbocycles. The molecule has 0 aliphatic carbocycles. The fraction of sp³-hybridized carbons (Fsp3) is 0.588. The van der Waals surface area contributed by atoms with Crippen LogP contribution in [0.3, 0.4) is 0 Å². The molecule has 0 spiro atoms. The zero-order valence-corrected chi connectivity index (χ0v) is 15.9. The number of nitrogens with zero attached hydrogens (tertiary/aromatic N) is 2. The first-order chi connectivity index (χ1) is 10.6. The van der Waals surface area contributed by atoms with Crippen LogP contribution in [0.15, 0.2) is 22.7 Å². The summed E-state index contributed by atoms with van der Waals surface area (Å²) in [6, 6.07) is 4.94. The number of carbonyl (C=O) groups excluding carboxylic acids is 1. The van der Waals surface area contributed by atoms with Crippen molar-refractivity contribution in [3.63, 3.8) is 0 Å². The summed E-state index contributed by atoms with van der Waals surface area (Å²) in [5, 5.41) is 0. The van der Waals surface area contributed by atoms with Crippen molar-refractivity contribution in [3.05, 3.63) is 28.5 Å². The third kappa shape index (κ3) is 4.37.